The molecule has 1 aromatic rings. The summed E-state index contributed by atoms with van der Waals surface area (Å²) in [5.74, 6) is 0.704. The topological polar surface area (TPSA) is 9.23 Å². The van der Waals surface area contributed by atoms with Crippen LogP contribution in [0.4, 0.5) is 0 Å². The molecule has 0 N–H and O–H groups in total. The summed E-state index contributed by atoms with van der Waals surface area (Å²) in [5, 5.41) is 0. The fourth-order valence-electron chi connectivity index (χ4n) is 2.62. The van der Waals surface area contributed by atoms with Crippen LogP contribution in [0.1, 0.15) is 37.7 Å². The molecule has 0 heterocycles. The highest BCUT2D eigenvalue weighted by atomic mass is 35.5. The van der Waals surface area contributed by atoms with E-state index >= 15 is 0 Å². The van der Waals surface area contributed by atoms with Gasteiger partial charge in [0.25, 0.3) is 0 Å². The first-order valence-electron chi connectivity index (χ1n) is 7.17. The van der Waals surface area contributed by atoms with Gasteiger partial charge in [0.1, 0.15) is 0 Å². The number of alkyl halides is 1. The minimum Gasteiger partial charge on any atom is -0.376 e. The van der Waals surface area contributed by atoms with E-state index in [1.165, 1.54) is 24.8 Å². The van der Waals surface area contributed by atoms with Crippen molar-refractivity contribution in [1.82, 2.24) is 0 Å². The number of allylic oxidation sites excluding steroid dienone is 2. The van der Waals surface area contributed by atoms with Gasteiger partial charge in [0.05, 0.1) is 13.2 Å². The van der Waals surface area contributed by atoms with Gasteiger partial charge in [0, 0.05) is 11.3 Å². The summed E-state index contributed by atoms with van der Waals surface area (Å²) in [4.78, 5) is 0. The van der Waals surface area contributed by atoms with Gasteiger partial charge >= 0.3 is 0 Å². The lowest BCUT2D eigenvalue weighted by Gasteiger charge is -2.32. The van der Waals surface area contributed by atoms with Crippen molar-refractivity contribution < 1.29 is 4.74 Å². The lowest BCUT2D eigenvalue weighted by molar-refractivity contribution is 0.0340. The number of hydrogen-bond acceptors (Lipinski definition) is 1. The molecule has 1 atom stereocenters. The van der Waals surface area contributed by atoms with Crippen LogP contribution in [0, 0.1) is 5.41 Å². The van der Waals surface area contributed by atoms with E-state index in [0.29, 0.717) is 12.5 Å². The third-order valence-electron chi connectivity index (χ3n) is 3.89. The molecule has 1 aliphatic rings. The van der Waals surface area contributed by atoms with Gasteiger partial charge < -0.3 is 4.74 Å². The zero-order valence-corrected chi connectivity index (χ0v) is 12.2. The van der Waals surface area contributed by atoms with E-state index in [-0.39, 0.29) is 5.41 Å². The largest absolute Gasteiger partial charge is 0.376 e. The highest BCUT2D eigenvalue weighted by Crippen LogP contribution is 2.34. The lowest BCUT2D eigenvalue weighted by atomic mass is 9.80. The fraction of sp³-hybridized carbons (Fsp3) is 0.529. The smallest absolute Gasteiger partial charge is 0.0717 e. The minimum absolute atomic E-state index is 0.168. The summed E-state index contributed by atoms with van der Waals surface area (Å²) < 4.78 is 5.94. The SMILES string of the molecule is ClCC1(COCc2ccccc2)CC/C=C\CCC1. The quantitative estimate of drug-likeness (QED) is 0.547. The lowest BCUT2D eigenvalue weighted by Crippen LogP contribution is -2.29. The number of rotatable bonds is 5. The van der Waals surface area contributed by atoms with E-state index in [4.69, 9.17) is 16.3 Å². The van der Waals surface area contributed by atoms with E-state index in [2.05, 4.69) is 36.4 Å². The van der Waals surface area contributed by atoms with E-state index in [0.717, 1.165) is 19.4 Å². The summed E-state index contributed by atoms with van der Waals surface area (Å²) >= 11 is 6.24. The predicted molar refractivity (Wildman–Crippen MR) is 81.5 cm³/mol. The number of halogens is 1. The molecule has 0 bridgehead atoms. The average molecular weight is 279 g/mol. The highest BCUT2D eigenvalue weighted by molar-refractivity contribution is 6.18. The van der Waals surface area contributed by atoms with Crippen LogP contribution in [-0.2, 0) is 11.3 Å². The molecule has 0 aromatic heterocycles. The Morgan fingerprint density at radius 3 is 2.63 bits per heavy atom. The predicted octanol–water partition coefficient (Wildman–Crippen LogP) is 4.95. The Labute approximate surface area is 121 Å². The summed E-state index contributed by atoms with van der Waals surface area (Å²) in [5.41, 5.74) is 1.40. The van der Waals surface area contributed by atoms with Gasteiger partial charge in [-0.3, -0.25) is 0 Å². The summed E-state index contributed by atoms with van der Waals surface area (Å²) in [6.45, 7) is 1.47. The molecule has 0 spiro atoms. The van der Waals surface area contributed by atoms with E-state index in [9.17, 15) is 0 Å². The van der Waals surface area contributed by atoms with Gasteiger partial charge in [0.15, 0.2) is 0 Å². The summed E-state index contributed by atoms with van der Waals surface area (Å²) in [7, 11) is 0. The Morgan fingerprint density at radius 2 is 1.84 bits per heavy atom. The molecule has 0 amide bonds. The molecule has 1 aliphatic carbocycles. The highest BCUT2D eigenvalue weighted by Gasteiger charge is 2.29. The normalized spacial score (nSPS) is 25.5. The number of benzene rings is 1. The van der Waals surface area contributed by atoms with Crippen molar-refractivity contribution in [1.29, 1.82) is 0 Å². The van der Waals surface area contributed by atoms with Crippen LogP contribution < -0.4 is 0 Å². The zero-order valence-electron chi connectivity index (χ0n) is 11.5. The van der Waals surface area contributed by atoms with Crippen LogP contribution in [0.3, 0.4) is 0 Å². The average Bonchev–Trinajstić information content (AvgIpc) is 2.43. The summed E-state index contributed by atoms with van der Waals surface area (Å²) in [6, 6.07) is 10.3. The molecular formula is C17H23ClO. The zero-order chi connectivity index (χ0) is 13.4. The molecule has 0 aliphatic heterocycles. The molecule has 1 unspecified atom stereocenters. The molecular weight excluding hydrogens is 256 g/mol. The molecule has 19 heavy (non-hydrogen) atoms. The monoisotopic (exact) mass is 278 g/mol. The molecule has 2 heteroatoms. The molecule has 0 saturated carbocycles. The van der Waals surface area contributed by atoms with Gasteiger partial charge in [-0.05, 0) is 37.7 Å². The number of ether oxygens (including phenoxy) is 1. The standard InChI is InChI=1S/C17H23ClO/c18-14-17(11-7-2-1-3-8-12-17)15-19-13-16-9-5-4-6-10-16/h1-2,4-6,9-10H,3,7-8,11-15H2/b2-1-. The second-order valence-electron chi connectivity index (χ2n) is 5.51. The Bertz CT molecular complexity index is 388. The Hall–Kier alpha value is -0.790. The second kappa shape index (κ2) is 7.72. The molecule has 0 radical (unpaired) electrons. The van der Waals surface area contributed by atoms with Gasteiger partial charge in [0.2, 0.25) is 0 Å². The van der Waals surface area contributed by atoms with Crippen molar-refractivity contribution in [2.45, 2.75) is 38.7 Å². The van der Waals surface area contributed by atoms with Crippen LogP contribution in [0.15, 0.2) is 42.5 Å². The maximum atomic E-state index is 6.24. The number of hydrogen-bond donors (Lipinski definition) is 0. The van der Waals surface area contributed by atoms with Crippen LogP contribution in [-0.4, -0.2) is 12.5 Å². The third kappa shape index (κ3) is 4.67. The van der Waals surface area contributed by atoms with Crippen LogP contribution >= 0.6 is 11.6 Å². The first kappa shape index (κ1) is 14.6. The maximum absolute atomic E-state index is 6.24. The molecule has 1 nitrogen and oxygen atoms in total. The molecule has 0 fully saturated rings. The van der Waals surface area contributed by atoms with Crippen LogP contribution in [0.25, 0.3) is 0 Å². The van der Waals surface area contributed by atoms with E-state index < -0.39 is 0 Å². The summed E-state index contributed by atoms with van der Waals surface area (Å²) in [6.07, 6.45) is 10.4. The molecule has 0 saturated heterocycles. The van der Waals surface area contributed by atoms with Crippen molar-refractivity contribution in [3.05, 3.63) is 48.0 Å². The van der Waals surface area contributed by atoms with Gasteiger partial charge in [-0.1, -0.05) is 42.5 Å². The van der Waals surface area contributed by atoms with Crippen molar-refractivity contribution >= 4 is 11.6 Å². The fourth-order valence-corrected chi connectivity index (χ4v) is 2.97. The van der Waals surface area contributed by atoms with Gasteiger partial charge in [-0.2, -0.15) is 0 Å². The first-order chi connectivity index (χ1) is 9.35. The van der Waals surface area contributed by atoms with E-state index in [1.54, 1.807) is 0 Å². The Morgan fingerprint density at radius 1 is 1.05 bits per heavy atom. The van der Waals surface area contributed by atoms with Crippen LogP contribution in [0.5, 0.6) is 0 Å². The first-order valence-corrected chi connectivity index (χ1v) is 7.71. The van der Waals surface area contributed by atoms with Gasteiger partial charge in [-0.15, -0.1) is 11.6 Å². The molecule has 1 aromatic carbocycles. The Balaban J connectivity index is 1.85. The van der Waals surface area contributed by atoms with E-state index in [1.807, 2.05) is 6.07 Å². The minimum atomic E-state index is 0.168. The van der Waals surface area contributed by atoms with Crippen molar-refractivity contribution in [3.63, 3.8) is 0 Å². The van der Waals surface area contributed by atoms with Crippen molar-refractivity contribution in [2.75, 3.05) is 12.5 Å². The van der Waals surface area contributed by atoms with Crippen LogP contribution in [0.2, 0.25) is 0 Å². The van der Waals surface area contributed by atoms with Crippen molar-refractivity contribution in [3.8, 4) is 0 Å². The Kier molecular flexibility index (Phi) is 5.93. The molecule has 104 valence electrons. The third-order valence-corrected chi connectivity index (χ3v) is 4.46. The van der Waals surface area contributed by atoms with Gasteiger partial charge in [-0.25, -0.2) is 0 Å². The second-order valence-corrected chi connectivity index (χ2v) is 5.78. The van der Waals surface area contributed by atoms with Crippen molar-refractivity contribution in [2.24, 2.45) is 5.41 Å². The molecule has 2 rings (SSSR count). The maximum Gasteiger partial charge on any atom is 0.0717 e.